The van der Waals surface area contributed by atoms with E-state index < -0.39 is 0 Å². The van der Waals surface area contributed by atoms with E-state index in [-0.39, 0.29) is 0 Å². The normalized spacial score (nSPS) is 36.9. The molecule has 0 amide bonds. The van der Waals surface area contributed by atoms with Crippen molar-refractivity contribution in [1.29, 1.82) is 0 Å². The van der Waals surface area contributed by atoms with Crippen LogP contribution in [-0.2, 0) is 0 Å². The summed E-state index contributed by atoms with van der Waals surface area (Å²) in [6.07, 6.45) is 67.3. The van der Waals surface area contributed by atoms with Crippen molar-refractivity contribution in [3.8, 4) is 0 Å². The van der Waals surface area contributed by atoms with Crippen LogP contribution in [0.4, 0.5) is 0 Å². The van der Waals surface area contributed by atoms with Crippen LogP contribution in [0.2, 0.25) is 0 Å². The molecule has 0 atom stereocenters. The number of rotatable bonds is 0. The van der Waals surface area contributed by atoms with Gasteiger partial charge in [-0.25, -0.2) is 0 Å². The maximum Gasteiger partial charge on any atom is -0.0386 e. The number of hydrogen-bond donors (Lipinski definition) is 0. The molecule has 0 aromatic carbocycles. The Hall–Kier alpha value is 0. The monoisotopic (exact) mass is 721 g/mol. The molecule has 6 bridgehead atoms. The Bertz CT molecular complexity index is 666. The Balaban J connectivity index is 0.000000118. The molecule has 0 aromatic rings. The average Bonchev–Trinajstić information content (AvgIpc) is 3.69. The highest BCUT2D eigenvalue weighted by molar-refractivity contribution is 4.93. The zero-order valence-corrected chi connectivity index (χ0v) is 35.7. The van der Waals surface area contributed by atoms with E-state index in [1.54, 1.807) is 96.3 Å². The Kier molecular flexibility index (Phi) is 22.9. The molecule has 0 radical (unpaired) electrons. The van der Waals surface area contributed by atoms with Crippen molar-refractivity contribution in [3.63, 3.8) is 0 Å². The lowest BCUT2D eigenvalue weighted by Crippen LogP contribution is -2.38. The molecule has 304 valence electrons. The maximum absolute atomic E-state index is 1.60. The SMILES string of the molecule is C1C2CC3CC1CC(C2)C3.C1CC1.C1CC2CCC1C2.C1CCC1.C1CCC2CCCCC2C1.C1CCCC1.C1CCCCC1.C1CCCCCC1. The Labute approximate surface area is 328 Å². The van der Waals surface area contributed by atoms with E-state index in [0.29, 0.717) is 0 Å². The Morgan fingerprint density at radius 2 is 0.288 bits per heavy atom. The van der Waals surface area contributed by atoms with Gasteiger partial charge < -0.3 is 0 Å². The van der Waals surface area contributed by atoms with Gasteiger partial charge in [0.2, 0.25) is 0 Å². The third kappa shape index (κ3) is 19.2. The number of fused-ring (bicyclic) bond motifs is 3. The third-order valence-electron chi connectivity index (χ3n) is 16.0. The van der Waals surface area contributed by atoms with Crippen LogP contribution in [0.5, 0.6) is 0 Å². The van der Waals surface area contributed by atoms with Crippen LogP contribution in [0.3, 0.4) is 0 Å². The van der Waals surface area contributed by atoms with E-state index in [9.17, 15) is 0 Å². The predicted molar refractivity (Wildman–Crippen MR) is 231 cm³/mol. The molecule has 0 heteroatoms. The summed E-state index contributed by atoms with van der Waals surface area (Å²) in [4.78, 5) is 0. The molecule has 0 saturated heterocycles. The second-order valence-corrected chi connectivity index (χ2v) is 20.9. The van der Waals surface area contributed by atoms with Crippen LogP contribution in [0, 0.1) is 47.3 Å². The van der Waals surface area contributed by atoms with Gasteiger partial charge in [-0.05, 0) is 92.3 Å². The first-order valence-corrected chi connectivity index (χ1v) is 25.8. The van der Waals surface area contributed by atoms with E-state index in [4.69, 9.17) is 0 Å². The van der Waals surface area contributed by atoms with Gasteiger partial charge in [0.25, 0.3) is 0 Å². The van der Waals surface area contributed by atoms with Crippen LogP contribution in [0.25, 0.3) is 0 Å². The highest BCUT2D eigenvalue weighted by Crippen LogP contribution is 2.53. The smallest absolute Gasteiger partial charge is 0.0386 e. The van der Waals surface area contributed by atoms with E-state index in [1.165, 1.54) is 222 Å². The fourth-order valence-corrected chi connectivity index (χ4v) is 12.4. The lowest BCUT2D eigenvalue weighted by Gasteiger charge is -2.49. The first-order valence-electron chi connectivity index (χ1n) is 25.8. The van der Waals surface area contributed by atoms with Crippen molar-refractivity contribution in [3.05, 3.63) is 0 Å². The van der Waals surface area contributed by atoms with Crippen molar-refractivity contribution in [2.45, 2.75) is 283 Å². The van der Waals surface area contributed by atoms with E-state index in [2.05, 4.69) is 0 Å². The minimum absolute atomic E-state index is 1.16. The van der Waals surface area contributed by atoms with Crippen LogP contribution in [0.1, 0.15) is 283 Å². The summed E-state index contributed by atoms with van der Waals surface area (Å²) in [5.74, 6) is 9.36. The lowest BCUT2D eigenvalue weighted by atomic mass is 9.56. The first kappa shape index (κ1) is 43.1. The zero-order chi connectivity index (χ0) is 35.7. The highest BCUT2D eigenvalue weighted by atomic mass is 14.5. The molecular formula is C52H96. The summed E-state index contributed by atoms with van der Waals surface area (Å²) in [7, 11) is 0. The van der Waals surface area contributed by atoms with Gasteiger partial charge in [-0.2, -0.15) is 0 Å². The van der Waals surface area contributed by atoms with Crippen LogP contribution >= 0.6 is 0 Å². The van der Waals surface area contributed by atoms with Crippen molar-refractivity contribution < 1.29 is 0 Å². The van der Waals surface area contributed by atoms with Gasteiger partial charge in [-0.15, -0.1) is 0 Å². The molecule has 0 aliphatic heterocycles. The van der Waals surface area contributed by atoms with Gasteiger partial charge in [0.1, 0.15) is 0 Å². The molecule has 13 fully saturated rings. The van der Waals surface area contributed by atoms with E-state index >= 15 is 0 Å². The van der Waals surface area contributed by atoms with Crippen molar-refractivity contribution >= 4 is 0 Å². The molecule has 13 aliphatic rings. The predicted octanol–water partition coefficient (Wildman–Crippen LogP) is 18.1. The molecule has 0 unspecified atom stereocenters. The number of hydrogen-bond acceptors (Lipinski definition) is 0. The Morgan fingerprint density at radius 3 is 0.423 bits per heavy atom. The standard InChI is InChI=1S/C10H16.C10H18.C7H12.C7H14.C6H12.C5H10.C4H8.C3H6/c1-7-2-9-4-8(1)5-10(3-7)6-9;1-2-6-10-8-4-3-7-9(10)5-1;1-2-7-4-3-6(1)5-7;1-2-4-6-7-5-3-1;1-2-4-6-5-3-1;1-2-4-5-3-1;1-2-4-3-1;1-2-3-1/h7-10H,1-6H2;9-10H,1-8H2;6-7H,1-5H2;1-7H2;1-6H2;1-5H2;1-4H2;1-3H2. The topological polar surface area (TPSA) is 0 Å². The van der Waals surface area contributed by atoms with Gasteiger partial charge in [0.15, 0.2) is 0 Å². The summed E-state index contributed by atoms with van der Waals surface area (Å²) in [5.41, 5.74) is 0. The summed E-state index contributed by atoms with van der Waals surface area (Å²) >= 11 is 0. The van der Waals surface area contributed by atoms with Gasteiger partial charge >= 0.3 is 0 Å². The maximum atomic E-state index is 1.60. The molecule has 0 nitrogen and oxygen atoms in total. The van der Waals surface area contributed by atoms with Gasteiger partial charge in [0.05, 0.1) is 0 Å². The molecule has 0 spiro atoms. The molecular weight excluding hydrogens is 625 g/mol. The lowest BCUT2D eigenvalue weighted by molar-refractivity contribution is 0.0198. The van der Waals surface area contributed by atoms with Gasteiger partial charge in [-0.3, -0.25) is 0 Å². The molecule has 0 aromatic heterocycles. The summed E-state index contributed by atoms with van der Waals surface area (Å²) in [6, 6.07) is 0. The van der Waals surface area contributed by atoms with Crippen LogP contribution in [0.15, 0.2) is 0 Å². The molecule has 0 N–H and O–H groups in total. The zero-order valence-electron chi connectivity index (χ0n) is 35.7. The second-order valence-electron chi connectivity index (χ2n) is 20.9. The highest BCUT2D eigenvalue weighted by Gasteiger charge is 2.41. The average molecular weight is 721 g/mol. The van der Waals surface area contributed by atoms with Gasteiger partial charge in [-0.1, -0.05) is 238 Å². The molecule has 13 saturated carbocycles. The fourth-order valence-electron chi connectivity index (χ4n) is 12.4. The second kappa shape index (κ2) is 27.6. The Morgan fingerprint density at radius 1 is 0.135 bits per heavy atom. The van der Waals surface area contributed by atoms with Crippen molar-refractivity contribution in [2.24, 2.45) is 47.3 Å². The van der Waals surface area contributed by atoms with E-state index in [0.717, 1.165) is 11.8 Å². The molecule has 52 heavy (non-hydrogen) atoms. The summed E-state index contributed by atoms with van der Waals surface area (Å²) in [5, 5.41) is 0. The largest absolute Gasteiger partial charge is 0.0533 e. The van der Waals surface area contributed by atoms with Gasteiger partial charge in [0, 0.05) is 0 Å². The quantitative estimate of drug-likeness (QED) is 0.219. The van der Waals surface area contributed by atoms with Crippen LogP contribution < -0.4 is 0 Å². The first-order chi connectivity index (χ1) is 25.8. The summed E-state index contributed by atoms with van der Waals surface area (Å²) in [6.45, 7) is 0. The van der Waals surface area contributed by atoms with Crippen molar-refractivity contribution in [2.75, 3.05) is 0 Å². The minimum atomic E-state index is 1.16. The third-order valence-corrected chi connectivity index (χ3v) is 16.0. The molecule has 0 heterocycles. The van der Waals surface area contributed by atoms with Crippen LogP contribution in [-0.4, -0.2) is 0 Å². The minimum Gasteiger partial charge on any atom is -0.0533 e. The molecule has 13 aliphatic carbocycles. The van der Waals surface area contributed by atoms with Crippen molar-refractivity contribution in [1.82, 2.24) is 0 Å². The molecule has 13 rings (SSSR count). The van der Waals surface area contributed by atoms with E-state index in [1.807, 2.05) is 0 Å². The summed E-state index contributed by atoms with van der Waals surface area (Å²) < 4.78 is 0. The fraction of sp³-hybridized carbons (Fsp3) is 1.00.